The van der Waals surface area contributed by atoms with E-state index in [-0.39, 0.29) is 10.8 Å². The lowest BCUT2D eigenvalue weighted by Gasteiger charge is -2.52. The number of hydrogen-bond donors (Lipinski definition) is 2. The van der Waals surface area contributed by atoms with Gasteiger partial charge in [0.25, 0.3) is 0 Å². The van der Waals surface area contributed by atoms with Crippen molar-refractivity contribution in [2.45, 2.75) is 40.5 Å². The third-order valence-electron chi connectivity index (χ3n) is 5.93. The van der Waals surface area contributed by atoms with E-state index in [2.05, 4.69) is 75.5 Å². The first-order chi connectivity index (χ1) is 14.3. The second-order valence-corrected chi connectivity index (χ2v) is 9.09. The van der Waals surface area contributed by atoms with Crippen molar-refractivity contribution in [1.29, 1.82) is 0 Å². The van der Waals surface area contributed by atoms with Crippen molar-refractivity contribution in [3.05, 3.63) is 72.5 Å². The van der Waals surface area contributed by atoms with Gasteiger partial charge in [0.15, 0.2) is 0 Å². The molecule has 0 heterocycles. The molecule has 0 spiro atoms. The van der Waals surface area contributed by atoms with Gasteiger partial charge in [0.1, 0.15) is 0 Å². The second-order valence-electron chi connectivity index (χ2n) is 9.09. The molecule has 0 aliphatic heterocycles. The van der Waals surface area contributed by atoms with Gasteiger partial charge in [-0.3, -0.25) is 9.98 Å². The summed E-state index contributed by atoms with van der Waals surface area (Å²) in [5, 5.41) is 3.49. The zero-order valence-corrected chi connectivity index (χ0v) is 18.2. The molecule has 4 rings (SSSR count). The van der Waals surface area contributed by atoms with E-state index in [1.165, 1.54) is 5.70 Å². The highest BCUT2D eigenvalue weighted by Crippen LogP contribution is 2.50. The molecule has 0 saturated heterocycles. The summed E-state index contributed by atoms with van der Waals surface area (Å²) in [6, 6.07) is 16.1. The summed E-state index contributed by atoms with van der Waals surface area (Å²) >= 11 is 0. The van der Waals surface area contributed by atoms with E-state index in [9.17, 15) is 0 Å². The van der Waals surface area contributed by atoms with E-state index in [0.717, 1.165) is 47.0 Å². The molecule has 2 aliphatic rings. The Morgan fingerprint density at radius 1 is 0.800 bits per heavy atom. The van der Waals surface area contributed by atoms with Crippen molar-refractivity contribution in [1.82, 2.24) is 0 Å². The Bertz CT molecular complexity index is 1030. The van der Waals surface area contributed by atoms with Crippen LogP contribution in [0, 0.1) is 10.8 Å². The standard InChI is InChI=1S/C26H30N4/c1-25(2)23(29-21-12-10-18(27)11-13-21)26(3,4)24(25)30-22-16-14-20(15-17-22)28-19-8-6-5-7-9-19/h5-6,8,10-17,28H,7,9,27H2,1-4H3. The van der Waals surface area contributed by atoms with Crippen LogP contribution in [-0.4, -0.2) is 11.4 Å². The van der Waals surface area contributed by atoms with Gasteiger partial charge < -0.3 is 11.1 Å². The third-order valence-corrected chi connectivity index (χ3v) is 5.93. The maximum Gasteiger partial charge on any atom is 0.0631 e. The minimum atomic E-state index is -0.180. The molecular formula is C26H30N4. The van der Waals surface area contributed by atoms with E-state index in [1.807, 2.05) is 24.3 Å². The smallest absolute Gasteiger partial charge is 0.0631 e. The Morgan fingerprint density at radius 2 is 1.33 bits per heavy atom. The lowest BCUT2D eigenvalue weighted by atomic mass is 9.52. The molecule has 4 nitrogen and oxygen atoms in total. The molecule has 4 heteroatoms. The van der Waals surface area contributed by atoms with Gasteiger partial charge in [-0.05, 0) is 95.1 Å². The summed E-state index contributed by atoms with van der Waals surface area (Å²) in [6.45, 7) is 8.80. The lowest BCUT2D eigenvalue weighted by Crippen LogP contribution is -2.61. The fraction of sp³-hybridized carbons (Fsp3) is 0.308. The number of hydrogen-bond acceptors (Lipinski definition) is 4. The molecule has 0 unspecified atom stereocenters. The number of rotatable bonds is 4. The van der Waals surface area contributed by atoms with E-state index in [1.54, 1.807) is 0 Å². The highest BCUT2D eigenvalue weighted by molar-refractivity contribution is 6.34. The predicted molar refractivity (Wildman–Crippen MR) is 129 cm³/mol. The molecule has 3 N–H and O–H groups in total. The maximum atomic E-state index is 5.80. The molecule has 2 aliphatic carbocycles. The van der Waals surface area contributed by atoms with Crippen LogP contribution in [0.2, 0.25) is 0 Å². The minimum Gasteiger partial charge on any atom is -0.399 e. The molecule has 1 fully saturated rings. The molecule has 0 radical (unpaired) electrons. The molecule has 0 bridgehead atoms. The van der Waals surface area contributed by atoms with Crippen LogP contribution in [-0.2, 0) is 0 Å². The number of aliphatic imine (C=N–C) groups is 2. The van der Waals surface area contributed by atoms with Crippen molar-refractivity contribution in [2.24, 2.45) is 20.8 Å². The van der Waals surface area contributed by atoms with Crippen LogP contribution < -0.4 is 11.1 Å². The van der Waals surface area contributed by atoms with Gasteiger partial charge in [-0.25, -0.2) is 0 Å². The number of nitrogens with zero attached hydrogens (tertiary/aromatic N) is 2. The molecule has 154 valence electrons. The first kappa shape index (κ1) is 20.1. The number of benzene rings is 2. The maximum absolute atomic E-state index is 5.80. The van der Waals surface area contributed by atoms with Gasteiger partial charge in [0.05, 0.1) is 11.4 Å². The topological polar surface area (TPSA) is 62.8 Å². The second kappa shape index (κ2) is 7.60. The average Bonchev–Trinajstić information content (AvgIpc) is 2.73. The largest absolute Gasteiger partial charge is 0.399 e. The zero-order chi connectivity index (χ0) is 21.4. The number of nitrogens with one attached hydrogen (secondary N) is 1. The van der Waals surface area contributed by atoms with Gasteiger partial charge in [-0.1, -0.05) is 12.2 Å². The highest BCUT2D eigenvalue weighted by Gasteiger charge is 2.56. The van der Waals surface area contributed by atoms with Crippen molar-refractivity contribution in [3.8, 4) is 0 Å². The van der Waals surface area contributed by atoms with E-state index in [4.69, 9.17) is 15.7 Å². The molecule has 0 atom stereocenters. The molecular weight excluding hydrogens is 368 g/mol. The van der Waals surface area contributed by atoms with Crippen molar-refractivity contribution >= 4 is 34.2 Å². The molecule has 2 aromatic rings. The van der Waals surface area contributed by atoms with E-state index in [0.29, 0.717) is 0 Å². The summed E-state index contributed by atoms with van der Waals surface area (Å²) in [5.41, 5.74) is 12.8. The molecule has 2 aromatic carbocycles. The minimum absolute atomic E-state index is 0.180. The van der Waals surface area contributed by atoms with Crippen LogP contribution in [0.1, 0.15) is 40.5 Å². The Kier molecular flexibility index (Phi) is 5.10. The number of allylic oxidation sites excluding steroid dienone is 4. The van der Waals surface area contributed by atoms with Gasteiger partial charge in [-0.2, -0.15) is 0 Å². The van der Waals surface area contributed by atoms with Gasteiger partial charge in [0, 0.05) is 39.3 Å². The molecule has 0 amide bonds. The van der Waals surface area contributed by atoms with Crippen LogP contribution >= 0.6 is 0 Å². The van der Waals surface area contributed by atoms with Gasteiger partial charge >= 0.3 is 0 Å². The van der Waals surface area contributed by atoms with Gasteiger partial charge in [-0.15, -0.1) is 0 Å². The predicted octanol–water partition coefficient (Wildman–Crippen LogP) is 6.83. The monoisotopic (exact) mass is 398 g/mol. The van der Waals surface area contributed by atoms with Crippen molar-refractivity contribution < 1.29 is 0 Å². The van der Waals surface area contributed by atoms with Gasteiger partial charge in [0.2, 0.25) is 0 Å². The zero-order valence-electron chi connectivity index (χ0n) is 18.2. The Balaban J connectivity index is 1.55. The third kappa shape index (κ3) is 3.82. The summed E-state index contributed by atoms with van der Waals surface area (Å²) in [7, 11) is 0. The summed E-state index contributed by atoms with van der Waals surface area (Å²) in [5.74, 6) is 0. The molecule has 0 aromatic heterocycles. The Hall–Kier alpha value is -3.14. The number of nitrogens with two attached hydrogens (primary N) is 1. The first-order valence-electron chi connectivity index (χ1n) is 10.5. The van der Waals surface area contributed by atoms with Crippen molar-refractivity contribution in [3.63, 3.8) is 0 Å². The van der Waals surface area contributed by atoms with Crippen LogP contribution in [0.4, 0.5) is 22.7 Å². The highest BCUT2D eigenvalue weighted by atomic mass is 14.9. The fourth-order valence-corrected chi connectivity index (χ4v) is 4.60. The number of nitrogen functional groups attached to an aromatic ring is 1. The van der Waals surface area contributed by atoms with E-state index < -0.39 is 0 Å². The quantitative estimate of drug-likeness (QED) is 0.555. The fourth-order valence-electron chi connectivity index (χ4n) is 4.60. The van der Waals surface area contributed by atoms with Crippen LogP contribution in [0.3, 0.4) is 0 Å². The molecule has 30 heavy (non-hydrogen) atoms. The molecule has 1 saturated carbocycles. The van der Waals surface area contributed by atoms with Crippen molar-refractivity contribution in [2.75, 3.05) is 11.1 Å². The summed E-state index contributed by atoms with van der Waals surface area (Å²) in [6.07, 6.45) is 8.58. The number of anilines is 2. The van der Waals surface area contributed by atoms with E-state index >= 15 is 0 Å². The normalized spacial score (nSPS) is 19.0. The summed E-state index contributed by atoms with van der Waals surface area (Å²) < 4.78 is 0. The van der Waals surface area contributed by atoms with Crippen LogP contribution in [0.5, 0.6) is 0 Å². The summed E-state index contributed by atoms with van der Waals surface area (Å²) in [4.78, 5) is 9.97. The van der Waals surface area contributed by atoms with Crippen LogP contribution in [0.25, 0.3) is 0 Å². The first-order valence-corrected chi connectivity index (χ1v) is 10.5. The Labute approximate surface area is 179 Å². The SMILES string of the molecule is CC1(C)C(=Nc2ccc(N)cc2)C(C)(C)C1=Nc1ccc(NC2=CC=CCC2)cc1. The Morgan fingerprint density at radius 3 is 1.83 bits per heavy atom. The van der Waals surface area contributed by atoms with Crippen LogP contribution in [0.15, 0.2) is 82.4 Å². The lowest BCUT2D eigenvalue weighted by molar-refractivity contribution is 0.491. The average molecular weight is 399 g/mol.